The Morgan fingerprint density at radius 1 is 0.266 bits per heavy atom. The van der Waals surface area contributed by atoms with E-state index in [0.717, 1.165) is 122 Å². The molecule has 454 valence electrons. The van der Waals surface area contributed by atoms with E-state index < -0.39 is 6.10 Å². The van der Waals surface area contributed by atoms with Crippen LogP contribution in [0.5, 0.6) is 0 Å². The van der Waals surface area contributed by atoms with Crippen LogP contribution in [0, 0.1) is 0 Å². The van der Waals surface area contributed by atoms with Crippen molar-refractivity contribution in [3.8, 4) is 0 Å². The van der Waals surface area contributed by atoms with Crippen LogP contribution in [0.4, 0.5) is 0 Å². The lowest BCUT2D eigenvalue weighted by atomic mass is 10.0. The van der Waals surface area contributed by atoms with Gasteiger partial charge in [-0.25, -0.2) is 0 Å². The third-order valence-corrected chi connectivity index (χ3v) is 14.6. The first-order valence-electron chi connectivity index (χ1n) is 33.7. The van der Waals surface area contributed by atoms with E-state index in [1.807, 2.05) is 0 Å². The van der Waals surface area contributed by atoms with Gasteiger partial charge in [0.05, 0.1) is 0 Å². The maximum Gasteiger partial charge on any atom is 0.306 e. The highest BCUT2D eigenvalue weighted by Gasteiger charge is 2.19. The van der Waals surface area contributed by atoms with Crippen molar-refractivity contribution in [2.24, 2.45) is 0 Å². The van der Waals surface area contributed by atoms with Crippen molar-refractivity contribution in [3.63, 3.8) is 0 Å². The minimum Gasteiger partial charge on any atom is -0.462 e. The van der Waals surface area contributed by atoms with E-state index >= 15 is 0 Å². The number of carbonyl (C=O) groups is 3. The van der Waals surface area contributed by atoms with Crippen LogP contribution in [0.2, 0.25) is 0 Å². The summed E-state index contributed by atoms with van der Waals surface area (Å²) in [7, 11) is 0. The molecule has 0 rings (SSSR count). The summed E-state index contributed by atoms with van der Waals surface area (Å²) in [6.45, 7) is 6.43. The van der Waals surface area contributed by atoms with Gasteiger partial charge in [-0.1, -0.05) is 291 Å². The summed E-state index contributed by atoms with van der Waals surface area (Å²) in [5.41, 5.74) is 0. The summed E-state index contributed by atoms with van der Waals surface area (Å²) < 4.78 is 17.0. The molecular formula is C73H126O6. The highest BCUT2D eigenvalue weighted by molar-refractivity contribution is 5.71. The van der Waals surface area contributed by atoms with E-state index in [-0.39, 0.29) is 31.1 Å². The first-order valence-corrected chi connectivity index (χ1v) is 33.7. The van der Waals surface area contributed by atoms with E-state index in [4.69, 9.17) is 14.2 Å². The van der Waals surface area contributed by atoms with Crippen LogP contribution in [0.25, 0.3) is 0 Å². The molecule has 0 aliphatic carbocycles. The standard InChI is InChI=1S/C73H126O6/c1-4-7-10-13-16-19-22-25-28-30-32-33-34-35-36-37-38-39-41-42-45-48-51-54-57-60-63-66-72(75)78-69-70(68-77-71(74)65-62-59-56-53-50-47-44-27-24-21-18-15-12-9-6-3)79-73(76)67-64-61-58-55-52-49-46-43-40-31-29-26-23-20-17-14-11-8-5-2/h7,9-10,12,16,18-19,21,25-29,32-33,44,70H,4-6,8,11,13-15,17,20,22-24,30-31,34-43,45-69H2,1-3H3/b10-7-,12-9-,19-16-,21-18-,28-25-,29-26-,33-32-,44-27-. The van der Waals surface area contributed by atoms with Crippen LogP contribution >= 0.6 is 0 Å². The molecule has 0 aromatic heterocycles. The Bertz CT molecular complexity index is 1540. The molecule has 1 atom stereocenters. The van der Waals surface area contributed by atoms with Gasteiger partial charge in [0, 0.05) is 19.3 Å². The predicted molar refractivity (Wildman–Crippen MR) is 344 cm³/mol. The van der Waals surface area contributed by atoms with Gasteiger partial charge in [-0.05, 0) is 116 Å². The van der Waals surface area contributed by atoms with E-state index in [1.165, 1.54) is 167 Å². The van der Waals surface area contributed by atoms with Crippen molar-refractivity contribution in [1.29, 1.82) is 0 Å². The quantitative estimate of drug-likeness (QED) is 0.0261. The number of hydrogen-bond acceptors (Lipinski definition) is 6. The van der Waals surface area contributed by atoms with Crippen LogP contribution < -0.4 is 0 Å². The fraction of sp³-hybridized carbons (Fsp3) is 0.740. The minimum absolute atomic E-state index is 0.0823. The van der Waals surface area contributed by atoms with Crippen molar-refractivity contribution < 1.29 is 28.6 Å². The van der Waals surface area contributed by atoms with Gasteiger partial charge in [-0.15, -0.1) is 0 Å². The molecule has 1 unspecified atom stereocenters. The molecule has 0 aliphatic rings. The van der Waals surface area contributed by atoms with Crippen molar-refractivity contribution in [2.75, 3.05) is 13.2 Å². The van der Waals surface area contributed by atoms with Crippen LogP contribution in [0.1, 0.15) is 329 Å². The molecule has 0 saturated heterocycles. The molecule has 0 aliphatic heterocycles. The highest BCUT2D eigenvalue weighted by atomic mass is 16.6. The fourth-order valence-corrected chi connectivity index (χ4v) is 9.56. The average molecular weight is 1100 g/mol. The Morgan fingerprint density at radius 2 is 0.494 bits per heavy atom. The lowest BCUT2D eigenvalue weighted by Gasteiger charge is -2.18. The summed E-state index contributed by atoms with van der Waals surface area (Å²) in [6.07, 6.45) is 89.9. The van der Waals surface area contributed by atoms with Crippen LogP contribution in [0.3, 0.4) is 0 Å². The van der Waals surface area contributed by atoms with Crippen molar-refractivity contribution in [1.82, 2.24) is 0 Å². The fourth-order valence-electron chi connectivity index (χ4n) is 9.56. The first kappa shape index (κ1) is 75.3. The summed E-state index contributed by atoms with van der Waals surface area (Å²) in [6, 6.07) is 0. The molecule has 0 fully saturated rings. The molecule has 0 bridgehead atoms. The van der Waals surface area contributed by atoms with Gasteiger partial charge in [0.25, 0.3) is 0 Å². The van der Waals surface area contributed by atoms with Crippen LogP contribution in [0.15, 0.2) is 97.2 Å². The van der Waals surface area contributed by atoms with Gasteiger partial charge < -0.3 is 14.2 Å². The largest absolute Gasteiger partial charge is 0.462 e. The number of rotatable bonds is 61. The third-order valence-electron chi connectivity index (χ3n) is 14.6. The normalized spacial score (nSPS) is 12.7. The van der Waals surface area contributed by atoms with E-state index in [0.29, 0.717) is 19.3 Å². The van der Waals surface area contributed by atoms with Gasteiger partial charge >= 0.3 is 17.9 Å². The number of ether oxygens (including phenoxy) is 3. The molecule has 79 heavy (non-hydrogen) atoms. The third kappa shape index (κ3) is 65.0. The Kier molecular flexibility index (Phi) is 63.7. The summed E-state index contributed by atoms with van der Waals surface area (Å²) >= 11 is 0. The molecule has 0 aromatic rings. The molecule has 6 heteroatoms. The molecule has 0 radical (unpaired) electrons. The second-order valence-electron chi connectivity index (χ2n) is 22.3. The topological polar surface area (TPSA) is 78.9 Å². The maximum atomic E-state index is 12.9. The molecule has 0 saturated carbocycles. The summed E-state index contributed by atoms with van der Waals surface area (Å²) in [5.74, 6) is -0.889. The van der Waals surface area contributed by atoms with Gasteiger partial charge in [-0.2, -0.15) is 0 Å². The van der Waals surface area contributed by atoms with Crippen LogP contribution in [-0.2, 0) is 28.6 Å². The molecular weight excluding hydrogens is 973 g/mol. The van der Waals surface area contributed by atoms with Crippen molar-refractivity contribution >= 4 is 17.9 Å². The van der Waals surface area contributed by atoms with Gasteiger partial charge in [0.2, 0.25) is 0 Å². The SMILES string of the molecule is CC/C=C\C/C=C\C/C=C\C/C=C\CCCCCCCCCCCCCCCCC(=O)OCC(COC(=O)CCCCCCC/C=C\C/C=C\C/C=C\CC)OC(=O)CCCCCCCCCCC/C=C\CCCCCCCC. The average Bonchev–Trinajstić information content (AvgIpc) is 3.45. The van der Waals surface area contributed by atoms with E-state index in [1.54, 1.807) is 0 Å². The lowest BCUT2D eigenvalue weighted by molar-refractivity contribution is -0.167. The lowest BCUT2D eigenvalue weighted by Crippen LogP contribution is -2.30. The van der Waals surface area contributed by atoms with Gasteiger partial charge in [0.1, 0.15) is 13.2 Å². The number of carbonyl (C=O) groups excluding carboxylic acids is 3. The van der Waals surface area contributed by atoms with Gasteiger partial charge in [0.15, 0.2) is 6.10 Å². The monoisotopic (exact) mass is 1100 g/mol. The smallest absolute Gasteiger partial charge is 0.306 e. The Labute approximate surface area is 489 Å². The molecule has 6 nitrogen and oxygen atoms in total. The molecule has 0 spiro atoms. The maximum absolute atomic E-state index is 12.9. The highest BCUT2D eigenvalue weighted by Crippen LogP contribution is 2.17. The number of unbranched alkanes of at least 4 members (excludes halogenated alkanes) is 34. The zero-order valence-corrected chi connectivity index (χ0v) is 52.1. The summed E-state index contributed by atoms with van der Waals surface area (Å²) in [5, 5.41) is 0. The zero-order chi connectivity index (χ0) is 57.1. The van der Waals surface area contributed by atoms with E-state index in [2.05, 4.69) is 118 Å². The van der Waals surface area contributed by atoms with Crippen LogP contribution in [-0.4, -0.2) is 37.2 Å². The molecule has 0 amide bonds. The van der Waals surface area contributed by atoms with Crippen molar-refractivity contribution in [2.45, 2.75) is 335 Å². The predicted octanol–water partition coefficient (Wildman–Crippen LogP) is 23.2. The summed E-state index contributed by atoms with van der Waals surface area (Å²) in [4.78, 5) is 38.4. The number of allylic oxidation sites excluding steroid dienone is 16. The molecule has 0 aromatic carbocycles. The molecule has 0 N–H and O–H groups in total. The van der Waals surface area contributed by atoms with Crippen molar-refractivity contribution in [3.05, 3.63) is 97.2 Å². The number of esters is 3. The van der Waals surface area contributed by atoms with Gasteiger partial charge in [-0.3, -0.25) is 14.4 Å². The Hall–Kier alpha value is -3.67. The Balaban J connectivity index is 4.31. The first-order chi connectivity index (χ1) is 39.0. The second-order valence-corrected chi connectivity index (χ2v) is 22.3. The second kappa shape index (κ2) is 66.8. The molecule has 0 heterocycles. The minimum atomic E-state index is -0.787. The zero-order valence-electron chi connectivity index (χ0n) is 52.1. The Morgan fingerprint density at radius 3 is 0.785 bits per heavy atom. The number of hydrogen-bond donors (Lipinski definition) is 0. The van der Waals surface area contributed by atoms with E-state index in [9.17, 15) is 14.4 Å².